The molecule has 0 aromatic rings. The normalized spacial score (nSPS) is 13.2. The van der Waals surface area contributed by atoms with Crippen LogP contribution < -0.4 is 5.73 Å². The highest BCUT2D eigenvalue weighted by molar-refractivity contribution is 5.75. The molecule has 0 spiro atoms. The molecule has 0 aromatic carbocycles. The molecule has 0 rings (SSSR count). The number of ether oxygens (including phenoxy) is 1. The molecule has 0 aromatic heterocycles. The lowest BCUT2D eigenvalue weighted by Crippen LogP contribution is -2.37. The molecule has 0 saturated carbocycles. The Labute approximate surface area is 67.9 Å². The van der Waals surface area contributed by atoms with Crippen LogP contribution in [0.15, 0.2) is 0 Å². The molecule has 0 aliphatic rings. The highest BCUT2D eigenvalue weighted by atomic mass is 16.5. The quantitative estimate of drug-likeness (QED) is 0.621. The summed E-state index contributed by atoms with van der Waals surface area (Å²) in [6.45, 7) is 6.23. The van der Waals surface area contributed by atoms with E-state index in [9.17, 15) is 4.79 Å². The van der Waals surface area contributed by atoms with Crippen LogP contribution in [0.1, 0.15) is 27.2 Å². The van der Waals surface area contributed by atoms with Crippen molar-refractivity contribution in [3.8, 4) is 0 Å². The van der Waals surface area contributed by atoms with Crippen molar-refractivity contribution in [1.82, 2.24) is 0 Å². The largest absolute Gasteiger partial charge is 0.465 e. The van der Waals surface area contributed by atoms with Gasteiger partial charge in [0.2, 0.25) is 0 Å². The van der Waals surface area contributed by atoms with Gasteiger partial charge in [0.25, 0.3) is 0 Å². The van der Waals surface area contributed by atoms with Crippen LogP contribution >= 0.6 is 0 Å². The second-order valence-corrected chi connectivity index (χ2v) is 2.94. The number of rotatable bonds is 4. The highest BCUT2D eigenvalue weighted by Crippen LogP contribution is 2.00. The van der Waals surface area contributed by atoms with Crippen molar-refractivity contribution in [2.45, 2.75) is 33.2 Å². The summed E-state index contributed by atoms with van der Waals surface area (Å²) in [4.78, 5) is 11.0. The van der Waals surface area contributed by atoms with Crippen molar-refractivity contribution in [2.75, 3.05) is 6.61 Å². The van der Waals surface area contributed by atoms with E-state index in [2.05, 4.69) is 0 Å². The second-order valence-electron chi connectivity index (χ2n) is 2.94. The zero-order valence-electron chi connectivity index (χ0n) is 7.46. The molecule has 0 heterocycles. The first kappa shape index (κ1) is 10.4. The molecule has 0 unspecified atom stereocenters. The number of carbonyl (C=O) groups excluding carboxylic acids is 1. The van der Waals surface area contributed by atoms with Gasteiger partial charge in [0.1, 0.15) is 6.04 Å². The van der Waals surface area contributed by atoms with Crippen LogP contribution in [0.4, 0.5) is 0 Å². The summed E-state index contributed by atoms with van der Waals surface area (Å²) in [7, 11) is 0. The van der Waals surface area contributed by atoms with Gasteiger partial charge in [0, 0.05) is 0 Å². The van der Waals surface area contributed by atoms with Gasteiger partial charge in [-0.15, -0.1) is 0 Å². The van der Waals surface area contributed by atoms with Gasteiger partial charge in [-0.3, -0.25) is 4.79 Å². The summed E-state index contributed by atoms with van der Waals surface area (Å²) >= 11 is 0. The Balaban J connectivity index is 3.64. The maximum Gasteiger partial charge on any atom is 0.323 e. The van der Waals surface area contributed by atoms with E-state index in [-0.39, 0.29) is 11.9 Å². The van der Waals surface area contributed by atoms with E-state index in [4.69, 9.17) is 10.5 Å². The Hall–Kier alpha value is -0.570. The minimum absolute atomic E-state index is 0.152. The van der Waals surface area contributed by atoms with Crippen LogP contribution in [0.5, 0.6) is 0 Å². The predicted molar refractivity (Wildman–Crippen MR) is 44.1 cm³/mol. The summed E-state index contributed by atoms with van der Waals surface area (Å²) in [6.07, 6.45) is 0.844. The number of carbonyl (C=O) groups is 1. The summed E-state index contributed by atoms with van der Waals surface area (Å²) in [6, 6.07) is -0.471. The van der Waals surface area contributed by atoms with Gasteiger partial charge in [-0.05, 0) is 12.3 Å². The van der Waals surface area contributed by atoms with Gasteiger partial charge in [0.05, 0.1) is 6.61 Å². The summed E-state index contributed by atoms with van der Waals surface area (Å²) < 4.78 is 4.85. The molecule has 66 valence electrons. The molecule has 0 bridgehead atoms. The molecule has 2 N–H and O–H groups in total. The van der Waals surface area contributed by atoms with Gasteiger partial charge < -0.3 is 10.5 Å². The maximum atomic E-state index is 11.0. The molecule has 0 fully saturated rings. The fourth-order valence-electron chi connectivity index (χ4n) is 0.571. The number of esters is 1. The average molecular weight is 159 g/mol. The zero-order chi connectivity index (χ0) is 8.85. The lowest BCUT2D eigenvalue weighted by Gasteiger charge is -2.13. The third-order valence-corrected chi connectivity index (χ3v) is 1.44. The Bertz CT molecular complexity index is 123. The van der Waals surface area contributed by atoms with Crippen LogP contribution in [0, 0.1) is 5.92 Å². The van der Waals surface area contributed by atoms with E-state index in [1.165, 1.54) is 0 Å². The molecule has 0 aliphatic heterocycles. The lowest BCUT2D eigenvalue weighted by atomic mass is 10.1. The monoisotopic (exact) mass is 159 g/mol. The van der Waals surface area contributed by atoms with Crippen LogP contribution in [0.25, 0.3) is 0 Å². The minimum atomic E-state index is -0.471. The van der Waals surface area contributed by atoms with Crippen LogP contribution in [-0.4, -0.2) is 18.6 Å². The Morgan fingerprint density at radius 1 is 1.55 bits per heavy atom. The van der Waals surface area contributed by atoms with Gasteiger partial charge in [0.15, 0.2) is 0 Å². The molecule has 3 heteroatoms. The third-order valence-electron chi connectivity index (χ3n) is 1.44. The molecule has 0 amide bonds. The first-order valence-corrected chi connectivity index (χ1v) is 4.01. The topological polar surface area (TPSA) is 52.3 Å². The Kier molecular flexibility index (Phi) is 4.86. The van der Waals surface area contributed by atoms with E-state index in [1.807, 2.05) is 20.8 Å². The van der Waals surface area contributed by atoms with Crippen molar-refractivity contribution in [1.29, 1.82) is 0 Å². The van der Waals surface area contributed by atoms with Crippen molar-refractivity contribution in [2.24, 2.45) is 11.7 Å². The fourth-order valence-corrected chi connectivity index (χ4v) is 0.571. The molecule has 0 saturated heterocycles. The highest BCUT2D eigenvalue weighted by Gasteiger charge is 2.17. The third kappa shape index (κ3) is 3.98. The van der Waals surface area contributed by atoms with E-state index >= 15 is 0 Å². The van der Waals surface area contributed by atoms with Gasteiger partial charge in [-0.1, -0.05) is 20.8 Å². The van der Waals surface area contributed by atoms with Crippen molar-refractivity contribution < 1.29 is 9.53 Å². The number of hydrogen-bond acceptors (Lipinski definition) is 3. The average Bonchev–Trinajstić information content (AvgIpc) is 1.98. The molecule has 11 heavy (non-hydrogen) atoms. The second kappa shape index (κ2) is 5.13. The Morgan fingerprint density at radius 2 is 2.09 bits per heavy atom. The SMILES string of the molecule is CCCOC(=O)[C@H](N)C(C)C. The van der Waals surface area contributed by atoms with Gasteiger partial charge >= 0.3 is 5.97 Å². The van der Waals surface area contributed by atoms with E-state index in [0.29, 0.717) is 6.61 Å². The fraction of sp³-hybridized carbons (Fsp3) is 0.875. The maximum absolute atomic E-state index is 11.0. The van der Waals surface area contributed by atoms with E-state index in [1.54, 1.807) is 0 Å². The van der Waals surface area contributed by atoms with Crippen molar-refractivity contribution in [3.63, 3.8) is 0 Å². The summed E-state index contributed by atoms with van der Waals surface area (Å²) in [5.41, 5.74) is 5.53. The van der Waals surface area contributed by atoms with Crippen LogP contribution in [0.2, 0.25) is 0 Å². The standard InChI is InChI=1S/C8H17NO2/c1-4-5-11-8(10)7(9)6(2)3/h6-7H,4-5,9H2,1-3H3/t7-/m1/s1. The predicted octanol–water partition coefficient (Wildman–Crippen LogP) is 0.923. The van der Waals surface area contributed by atoms with E-state index in [0.717, 1.165) is 6.42 Å². The van der Waals surface area contributed by atoms with Crippen molar-refractivity contribution in [3.05, 3.63) is 0 Å². The first-order chi connectivity index (χ1) is 5.09. The molecule has 0 aliphatic carbocycles. The van der Waals surface area contributed by atoms with Crippen LogP contribution in [0.3, 0.4) is 0 Å². The summed E-state index contributed by atoms with van der Waals surface area (Å²) in [5, 5.41) is 0. The zero-order valence-corrected chi connectivity index (χ0v) is 7.46. The van der Waals surface area contributed by atoms with Crippen molar-refractivity contribution >= 4 is 5.97 Å². The van der Waals surface area contributed by atoms with Gasteiger partial charge in [-0.2, -0.15) is 0 Å². The molecular weight excluding hydrogens is 142 g/mol. The smallest absolute Gasteiger partial charge is 0.323 e. The minimum Gasteiger partial charge on any atom is -0.465 e. The number of nitrogens with two attached hydrogens (primary N) is 1. The van der Waals surface area contributed by atoms with E-state index < -0.39 is 6.04 Å². The first-order valence-electron chi connectivity index (χ1n) is 4.01. The molecule has 1 atom stereocenters. The number of hydrogen-bond donors (Lipinski definition) is 1. The molecule has 0 radical (unpaired) electrons. The van der Waals surface area contributed by atoms with Crippen LogP contribution in [-0.2, 0) is 9.53 Å². The summed E-state index contributed by atoms with van der Waals surface area (Å²) in [5.74, 6) is -0.138. The Morgan fingerprint density at radius 3 is 2.45 bits per heavy atom. The molecule has 3 nitrogen and oxygen atoms in total. The lowest BCUT2D eigenvalue weighted by molar-refractivity contribution is -0.146. The van der Waals surface area contributed by atoms with Gasteiger partial charge in [-0.25, -0.2) is 0 Å². The molecular formula is C8H17NO2.